The fourth-order valence-electron chi connectivity index (χ4n) is 4.11. The number of aromatic nitrogens is 2. The van der Waals surface area contributed by atoms with Crippen molar-refractivity contribution in [1.82, 2.24) is 9.13 Å². The summed E-state index contributed by atoms with van der Waals surface area (Å²) in [6.45, 7) is 0. The molecule has 5 rings (SSSR count). The first-order valence-electron chi connectivity index (χ1n) is 10.8. The number of methoxy groups -OCH3 is 2. The van der Waals surface area contributed by atoms with E-state index in [-0.39, 0.29) is 16.9 Å². The van der Waals surface area contributed by atoms with E-state index in [4.69, 9.17) is 9.47 Å². The van der Waals surface area contributed by atoms with E-state index in [9.17, 15) is 14.7 Å². The number of allylic oxidation sites excluding steroid dienone is 1. The number of hydrogen-bond donors (Lipinski definition) is 1. The van der Waals surface area contributed by atoms with Crippen molar-refractivity contribution >= 4 is 23.6 Å². The summed E-state index contributed by atoms with van der Waals surface area (Å²) in [4.78, 5) is 31.9. The van der Waals surface area contributed by atoms with Crippen molar-refractivity contribution in [2.24, 2.45) is 4.99 Å². The normalized spacial score (nSPS) is 13.1. The van der Waals surface area contributed by atoms with E-state index in [1.165, 1.54) is 20.3 Å². The van der Waals surface area contributed by atoms with Gasteiger partial charge in [-0.05, 0) is 36.4 Å². The van der Waals surface area contributed by atoms with Crippen LogP contribution in [0.5, 0.6) is 17.4 Å². The van der Waals surface area contributed by atoms with Gasteiger partial charge in [0.2, 0.25) is 5.88 Å². The average molecular weight is 467 g/mol. The van der Waals surface area contributed by atoms with Crippen LogP contribution in [0.15, 0.2) is 87.4 Å². The van der Waals surface area contributed by atoms with Gasteiger partial charge in [0, 0.05) is 17.4 Å². The van der Waals surface area contributed by atoms with Crippen molar-refractivity contribution < 1.29 is 14.6 Å². The summed E-state index contributed by atoms with van der Waals surface area (Å²) in [6.07, 6.45) is 3.15. The maximum atomic E-state index is 13.7. The fraction of sp³-hybridized carbons (Fsp3) is 0.0741. The highest BCUT2D eigenvalue weighted by Gasteiger charge is 2.24. The molecular formula is C27H21N3O5. The smallest absolute Gasteiger partial charge is 0.343 e. The number of para-hydroxylation sites is 5. The van der Waals surface area contributed by atoms with E-state index in [1.807, 2.05) is 24.3 Å². The van der Waals surface area contributed by atoms with Crippen LogP contribution in [-0.2, 0) is 0 Å². The Labute approximate surface area is 200 Å². The average Bonchev–Trinajstić information content (AvgIpc) is 3.30. The molecule has 1 aliphatic heterocycles. The molecule has 35 heavy (non-hydrogen) atoms. The minimum atomic E-state index is -0.774. The van der Waals surface area contributed by atoms with E-state index in [0.717, 1.165) is 20.4 Å². The van der Waals surface area contributed by atoms with Crippen LogP contribution >= 0.6 is 0 Å². The van der Waals surface area contributed by atoms with Crippen molar-refractivity contribution in [1.29, 1.82) is 0 Å². The molecule has 0 amide bonds. The van der Waals surface area contributed by atoms with Gasteiger partial charge >= 0.3 is 5.69 Å². The number of rotatable bonds is 5. The fourth-order valence-corrected chi connectivity index (χ4v) is 4.11. The van der Waals surface area contributed by atoms with Crippen LogP contribution in [0.2, 0.25) is 0 Å². The first kappa shape index (κ1) is 22.0. The summed E-state index contributed by atoms with van der Waals surface area (Å²) in [6, 6.07) is 20.9. The van der Waals surface area contributed by atoms with E-state index in [2.05, 4.69) is 4.99 Å². The third kappa shape index (κ3) is 3.61. The molecule has 1 N–H and O–H groups in total. The SMILES string of the molecule is COc1ccccc1-n1c(O)c(/C=C2\C=Nc3ccccc32)c(=O)n(-c2ccccc2OC)c1=O. The third-order valence-electron chi connectivity index (χ3n) is 5.78. The first-order valence-corrected chi connectivity index (χ1v) is 10.8. The van der Waals surface area contributed by atoms with Gasteiger partial charge in [-0.2, -0.15) is 0 Å². The molecule has 0 saturated heterocycles. The molecule has 0 bridgehead atoms. The lowest BCUT2D eigenvalue weighted by atomic mass is 10.0. The first-order chi connectivity index (χ1) is 17.0. The molecule has 3 aromatic carbocycles. The van der Waals surface area contributed by atoms with E-state index in [1.54, 1.807) is 54.7 Å². The van der Waals surface area contributed by atoms with Crippen LogP contribution in [0.1, 0.15) is 11.1 Å². The summed E-state index contributed by atoms with van der Waals surface area (Å²) in [5.74, 6) is 0.165. The van der Waals surface area contributed by atoms with Crippen LogP contribution in [0.3, 0.4) is 0 Å². The second-order valence-corrected chi connectivity index (χ2v) is 7.71. The maximum Gasteiger partial charge on any atom is 0.343 e. The molecule has 0 fully saturated rings. The number of fused-ring (bicyclic) bond motifs is 1. The molecule has 1 aliphatic rings. The Morgan fingerprint density at radius 3 is 2.03 bits per heavy atom. The Kier molecular flexibility index (Phi) is 5.54. The largest absolute Gasteiger partial charge is 0.495 e. The number of benzene rings is 3. The van der Waals surface area contributed by atoms with Gasteiger partial charge in [-0.15, -0.1) is 0 Å². The topological polar surface area (TPSA) is 95.1 Å². The highest BCUT2D eigenvalue weighted by Crippen LogP contribution is 2.34. The summed E-state index contributed by atoms with van der Waals surface area (Å²) in [7, 11) is 2.92. The molecule has 0 aliphatic carbocycles. The second-order valence-electron chi connectivity index (χ2n) is 7.71. The third-order valence-corrected chi connectivity index (χ3v) is 5.78. The minimum absolute atomic E-state index is 0.0837. The maximum absolute atomic E-state index is 13.7. The molecule has 0 unspecified atom stereocenters. The Balaban J connectivity index is 1.88. The number of ether oxygens (including phenoxy) is 2. The zero-order valence-corrected chi connectivity index (χ0v) is 19.0. The summed E-state index contributed by atoms with van der Waals surface area (Å²) >= 11 is 0. The molecule has 8 heteroatoms. The number of hydrogen-bond acceptors (Lipinski definition) is 6. The molecule has 8 nitrogen and oxygen atoms in total. The van der Waals surface area contributed by atoms with Crippen LogP contribution in [-0.4, -0.2) is 34.7 Å². The lowest BCUT2D eigenvalue weighted by Gasteiger charge is -2.18. The van der Waals surface area contributed by atoms with Crippen LogP contribution in [0.4, 0.5) is 5.69 Å². The molecule has 2 heterocycles. The number of nitrogens with zero attached hydrogens (tertiary/aromatic N) is 3. The Morgan fingerprint density at radius 2 is 1.37 bits per heavy atom. The van der Waals surface area contributed by atoms with Gasteiger partial charge in [0.1, 0.15) is 17.1 Å². The van der Waals surface area contributed by atoms with Crippen molar-refractivity contribution in [3.63, 3.8) is 0 Å². The Morgan fingerprint density at radius 1 is 0.800 bits per heavy atom. The van der Waals surface area contributed by atoms with Crippen molar-refractivity contribution in [2.75, 3.05) is 14.2 Å². The van der Waals surface area contributed by atoms with Crippen molar-refractivity contribution in [3.8, 4) is 28.8 Å². The molecule has 0 radical (unpaired) electrons. The summed E-state index contributed by atoms with van der Waals surface area (Å²) < 4.78 is 12.9. The lowest BCUT2D eigenvalue weighted by molar-refractivity contribution is 0.398. The second kappa shape index (κ2) is 8.83. The quantitative estimate of drug-likeness (QED) is 0.479. The minimum Gasteiger partial charge on any atom is -0.495 e. The van der Waals surface area contributed by atoms with E-state index >= 15 is 0 Å². The molecule has 1 aromatic heterocycles. The zero-order chi connectivity index (χ0) is 24.5. The monoisotopic (exact) mass is 467 g/mol. The van der Waals surface area contributed by atoms with Gasteiger partial charge in [-0.25, -0.2) is 13.9 Å². The molecule has 174 valence electrons. The molecule has 4 aromatic rings. The number of aromatic hydroxyl groups is 1. The van der Waals surface area contributed by atoms with Gasteiger partial charge in [-0.3, -0.25) is 9.79 Å². The predicted octanol–water partition coefficient (Wildman–Crippen LogP) is 3.97. The summed E-state index contributed by atoms with van der Waals surface area (Å²) in [5, 5.41) is 11.3. The standard InChI is InChI=1S/C27H21N3O5/c1-34-23-13-7-5-11-21(23)29-25(31)19(15-17-16-28-20-10-4-3-9-18(17)20)26(32)30(27(29)33)22-12-6-8-14-24(22)35-2/h3-16,31H,1-2H3/b17-15+. The van der Waals surface area contributed by atoms with Gasteiger partial charge < -0.3 is 14.6 Å². The molecule has 0 spiro atoms. The van der Waals surface area contributed by atoms with Crippen LogP contribution < -0.4 is 20.7 Å². The highest BCUT2D eigenvalue weighted by molar-refractivity contribution is 6.21. The highest BCUT2D eigenvalue weighted by atomic mass is 16.5. The molecule has 0 atom stereocenters. The molecular weight excluding hydrogens is 446 g/mol. The molecule has 0 saturated carbocycles. The van der Waals surface area contributed by atoms with Gasteiger partial charge in [0.05, 0.1) is 31.3 Å². The van der Waals surface area contributed by atoms with Gasteiger partial charge in [-0.1, -0.05) is 42.5 Å². The van der Waals surface area contributed by atoms with E-state index in [0.29, 0.717) is 17.1 Å². The van der Waals surface area contributed by atoms with Crippen LogP contribution in [0, 0.1) is 0 Å². The van der Waals surface area contributed by atoms with E-state index < -0.39 is 17.1 Å². The number of aliphatic imine (C=N–C) groups is 1. The Hall–Kier alpha value is -4.85. The predicted molar refractivity (Wildman–Crippen MR) is 135 cm³/mol. The Bertz CT molecular complexity index is 1630. The van der Waals surface area contributed by atoms with Crippen molar-refractivity contribution in [3.05, 3.63) is 105 Å². The van der Waals surface area contributed by atoms with Crippen LogP contribution in [0.25, 0.3) is 23.0 Å². The van der Waals surface area contributed by atoms with Gasteiger partial charge in [0.15, 0.2) is 0 Å². The lowest BCUT2D eigenvalue weighted by Crippen LogP contribution is -2.39. The van der Waals surface area contributed by atoms with Crippen molar-refractivity contribution in [2.45, 2.75) is 0 Å². The summed E-state index contributed by atoms with van der Waals surface area (Å²) in [5.41, 5.74) is 1.16. The van der Waals surface area contributed by atoms with Gasteiger partial charge in [0.25, 0.3) is 5.56 Å². The zero-order valence-electron chi connectivity index (χ0n) is 19.0.